The molecule has 2 unspecified atom stereocenters. The molecule has 0 spiro atoms. The second-order valence-electron chi connectivity index (χ2n) is 5.61. The number of hydrogen-bond donors (Lipinski definition) is 1. The summed E-state index contributed by atoms with van der Waals surface area (Å²) in [6.07, 6.45) is 3.34. The van der Waals surface area contributed by atoms with Crippen molar-refractivity contribution in [2.45, 2.75) is 44.5 Å². The van der Waals surface area contributed by atoms with Crippen LogP contribution in [-0.4, -0.2) is 36.0 Å². The van der Waals surface area contributed by atoms with E-state index >= 15 is 0 Å². The molecule has 1 N–H and O–H groups in total. The summed E-state index contributed by atoms with van der Waals surface area (Å²) in [5.41, 5.74) is 0.868. The van der Waals surface area contributed by atoms with Crippen molar-refractivity contribution >= 4 is 5.91 Å². The Morgan fingerprint density at radius 3 is 2.90 bits per heavy atom. The number of halogens is 2. The monoisotopic (exact) mass is 296 g/mol. The molecule has 0 radical (unpaired) electrons. The van der Waals surface area contributed by atoms with Crippen molar-refractivity contribution in [2.75, 3.05) is 6.54 Å². The predicted octanol–water partition coefficient (Wildman–Crippen LogP) is 2.14. The van der Waals surface area contributed by atoms with Gasteiger partial charge in [0.15, 0.2) is 0 Å². The number of hydrogen-bond acceptors (Lipinski definition) is 3. The molecule has 1 saturated heterocycles. The summed E-state index contributed by atoms with van der Waals surface area (Å²) in [6.45, 7) is -1.52. The van der Waals surface area contributed by atoms with E-state index in [2.05, 4.69) is 10.1 Å². The first-order valence-electron chi connectivity index (χ1n) is 7.20. The maximum absolute atomic E-state index is 12.2. The zero-order valence-corrected chi connectivity index (χ0v) is 11.6. The van der Waals surface area contributed by atoms with Gasteiger partial charge in [0.2, 0.25) is 5.91 Å². The van der Waals surface area contributed by atoms with Crippen LogP contribution in [-0.2, 0) is 11.3 Å². The molecule has 21 heavy (non-hydrogen) atoms. The molecule has 1 aliphatic carbocycles. The van der Waals surface area contributed by atoms with E-state index < -0.39 is 6.61 Å². The topological polar surface area (TPSA) is 41.3 Å². The molecule has 2 aliphatic rings. The number of amides is 1. The van der Waals surface area contributed by atoms with Crippen LogP contribution in [0, 0.1) is 0 Å². The van der Waals surface area contributed by atoms with Crippen LogP contribution in [0.4, 0.5) is 8.78 Å². The maximum atomic E-state index is 12.2. The molecule has 0 aromatic heterocycles. The van der Waals surface area contributed by atoms with E-state index in [0.717, 1.165) is 24.9 Å². The molecule has 1 amide bonds. The Hall–Kier alpha value is -1.69. The molecule has 2 fully saturated rings. The van der Waals surface area contributed by atoms with E-state index in [1.54, 1.807) is 12.1 Å². The van der Waals surface area contributed by atoms with Gasteiger partial charge in [-0.1, -0.05) is 12.1 Å². The molecule has 0 bridgehead atoms. The molecule has 2 atom stereocenters. The lowest BCUT2D eigenvalue weighted by molar-refractivity contribution is -0.122. The Morgan fingerprint density at radius 1 is 1.43 bits per heavy atom. The predicted molar refractivity (Wildman–Crippen MR) is 73.1 cm³/mol. The molecule has 1 saturated carbocycles. The lowest BCUT2D eigenvalue weighted by atomic mass is 9.93. The van der Waals surface area contributed by atoms with Crippen molar-refractivity contribution in [3.8, 4) is 5.75 Å². The largest absolute Gasteiger partial charge is 0.435 e. The van der Waals surface area contributed by atoms with Crippen LogP contribution >= 0.6 is 0 Å². The Labute approximate surface area is 122 Å². The zero-order chi connectivity index (χ0) is 14.8. The highest BCUT2D eigenvalue weighted by Crippen LogP contribution is 2.25. The fraction of sp³-hybridized carbons (Fsp3) is 0.533. The normalized spacial score (nSPS) is 24.5. The number of carbonyl (C=O) groups excluding carboxylic acids is 1. The minimum absolute atomic E-state index is 0.0785. The van der Waals surface area contributed by atoms with E-state index in [4.69, 9.17) is 0 Å². The second-order valence-corrected chi connectivity index (χ2v) is 5.61. The number of ether oxygens (including phenoxy) is 1. The van der Waals surface area contributed by atoms with Gasteiger partial charge in [0.05, 0.1) is 0 Å². The van der Waals surface area contributed by atoms with Crippen LogP contribution in [0.25, 0.3) is 0 Å². The summed E-state index contributed by atoms with van der Waals surface area (Å²) >= 11 is 0. The Morgan fingerprint density at radius 2 is 2.24 bits per heavy atom. The summed E-state index contributed by atoms with van der Waals surface area (Å²) in [4.78, 5) is 14.0. The quantitative estimate of drug-likeness (QED) is 0.818. The first-order valence-corrected chi connectivity index (χ1v) is 7.20. The van der Waals surface area contributed by atoms with Gasteiger partial charge in [0.25, 0.3) is 0 Å². The molecule has 4 nitrogen and oxygen atoms in total. The highest BCUT2D eigenvalue weighted by molar-refractivity contribution is 5.85. The summed E-state index contributed by atoms with van der Waals surface area (Å²) in [5.74, 6) is 0.236. The van der Waals surface area contributed by atoms with E-state index in [1.807, 2.05) is 11.0 Å². The minimum atomic E-state index is -2.82. The molecular weight excluding hydrogens is 278 g/mol. The van der Waals surface area contributed by atoms with Crippen molar-refractivity contribution in [2.24, 2.45) is 0 Å². The number of benzene rings is 1. The summed E-state index contributed by atoms with van der Waals surface area (Å²) < 4.78 is 28.7. The molecule has 6 heteroatoms. The van der Waals surface area contributed by atoms with Crippen molar-refractivity contribution in [3.63, 3.8) is 0 Å². The first kappa shape index (κ1) is 14.3. The summed E-state index contributed by atoms with van der Waals surface area (Å²) in [7, 11) is 0. The van der Waals surface area contributed by atoms with Gasteiger partial charge in [0, 0.05) is 19.1 Å². The van der Waals surface area contributed by atoms with Crippen molar-refractivity contribution in [1.82, 2.24) is 10.2 Å². The van der Waals surface area contributed by atoms with E-state index in [-0.39, 0.29) is 17.7 Å². The Balaban J connectivity index is 1.50. The Bertz CT molecular complexity index is 520. The van der Waals surface area contributed by atoms with Crippen molar-refractivity contribution in [1.29, 1.82) is 0 Å². The third-order valence-corrected chi connectivity index (χ3v) is 3.98. The van der Waals surface area contributed by atoms with E-state index in [1.165, 1.54) is 12.5 Å². The van der Waals surface area contributed by atoms with Gasteiger partial charge in [-0.15, -0.1) is 0 Å². The zero-order valence-electron chi connectivity index (χ0n) is 11.6. The molecule has 114 valence electrons. The number of nitrogens with zero attached hydrogens (tertiary/aromatic N) is 1. The smallest absolute Gasteiger partial charge is 0.387 e. The number of carbonyl (C=O) groups is 1. The van der Waals surface area contributed by atoms with Gasteiger partial charge in [-0.2, -0.15) is 8.78 Å². The highest BCUT2D eigenvalue weighted by Gasteiger charge is 2.41. The average molecular weight is 296 g/mol. The van der Waals surface area contributed by atoms with Crippen LogP contribution in [0.3, 0.4) is 0 Å². The lowest BCUT2D eigenvalue weighted by Gasteiger charge is -2.26. The molecular formula is C15H18F2N2O2. The third-order valence-electron chi connectivity index (χ3n) is 3.98. The van der Waals surface area contributed by atoms with Crippen LogP contribution in [0.2, 0.25) is 0 Å². The summed E-state index contributed by atoms with van der Waals surface area (Å²) in [5, 5.41) is 3.03. The van der Waals surface area contributed by atoms with Crippen LogP contribution in [0.5, 0.6) is 5.75 Å². The van der Waals surface area contributed by atoms with Crippen LogP contribution < -0.4 is 10.1 Å². The minimum Gasteiger partial charge on any atom is -0.435 e. The van der Waals surface area contributed by atoms with Crippen LogP contribution in [0.15, 0.2) is 24.3 Å². The van der Waals surface area contributed by atoms with Gasteiger partial charge < -0.3 is 10.1 Å². The fourth-order valence-corrected chi connectivity index (χ4v) is 2.50. The van der Waals surface area contributed by atoms with Gasteiger partial charge in [-0.25, -0.2) is 0 Å². The van der Waals surface area contributed by atoms with Crippen molar-refractivity contribution < 1.29 is 18.3 Å². The van der Waals surface area contributed by atoms with Gasteiger partial charge in [-0.05, 0) is 37.0 Å². The standard InChI is InChI=1S/C15H18F2N2O2/c16-15(17)21-12-6-1-3-10(7-12)8-19-9-13(19)14(20)18-11-4-2-5-11/h1,3,6-7,11,13,15H,2,4-5,8-9H2,(H,18,20). The third kappa shape index (κ3) is 3.69. The van der Waals surface area contributed by atoms with Gasteiger partial charge in [0.1, 0.15) is 11.8 Å². The first-order chi connectivity index (χ1) is 10.1. The van der Waals surface area contributed by atoms with Crippen molar-refractivity contribution in [3.05, 3.63) is 29.8 Å². The number of rotatable bonds is 6. The maximum Gasteiger partial charge on any atom is 0.387 e. The fourth-order valence-electron chi connectivity index (χ4n) is 2.50. The highest BCUT2D eigenvalue weighted by atomic mass is 19.3. The number of alkyl halides is 2. The van der Waals surface area contributed by atoms with Crippen LogP contribution in [0.1, 0.15) is 24.8 Å². The van der Waals surface area contributed by atoms with E-state index in [0.29, 0.717) is 12.6 Å². The SMILES string of the molecule is O=C(NC1CCC1)C1CN1Cc1cccc(OC(F)F)c1. The molecule has 1 aromatic carbocycles. The molecule has 1 aromatic rings. The van der Waals surface area contributed by atoms with Gasteiger partial charge >= 0.3 is 6.61 Å². The Kier molecular flexibility index (Phi) is 4.05. The lowest BCUT2D eigenvalue weighted by Crippen LogP contribution is -2.42. The molecule has 3 rings (SSSR count). The molecule has 1 heterocycles. The summed E-state index contributed by atoms with van der Waals surface area (Å²) in [6, 6.07) is 6.88. The molecule has 1 aliphatic heterocycles. The number of nitrogens with one attached hydrogen (secondary N) is 1. The van der Waals surface area contributed by atoms with E-state index in [9.17, 15) is 13.6 Å². The van der Waals surface area contributed by atoms with Gasteiger partial charge in [-0.3, -0.25) is 9.69 Å². The second kappa shape index (κ2) is 5.97. The average Bonchev–Trinajstić information content (AvgIpc) is 3.12.